The van der Waals surface area contributed by atoms with Gasteiger partial charge in [-0.3, -0.25) is 4.68 Å². The van der Waals surface area contributed by atoms with Crippen molar-refractivity contribution in [1.29, 1.82) is 0 Å². The molecule has 0 saturated carbocycles. The molecular formula is C16H22N2O3. The van der Waals surface area contributed by atoms with Crippen LogP contribution in [0, 0.1) is 0 Å². The molecule has 0 saturated heterocycles. The second kappa shape index (κ2) is 7.24. The molecule has 5 heteroatoms. The van der Waals surface area contributed by atoms with E-state index in [1.165, 1.54) is 0 Å². The Labute approximate surface area is 125 Å². The number of aromatic nitrogens is 2. The molecule has 0 aliphatic heterocycles. The summed E-state index contributed by atoms with van der Waals surface area (Å²) in [5.41, 5.74) is 1.56. The minimum atomic E-state index is -0.846. The summed E-state index contributed by atoms with van der Waals surface area (Å²) in [7, 11) is 3.17. The van der Waals surface area contributed by atoms with Crippen LogP contribution in [0.2, 0.25) is 0 Å². The van der Waals surface area contributed by atoms with Crippen LogP contribution in [0.4, 0.5) is 0 Å². The molecule has 114 valence electrons. The molecule has 0 bridgehead atoms. The first-order valence-corrected chi connectivity index (χ1v) is 7.08. The maximum Gasteiger partial charge on any atom is 0.162 e. The van der Waals surface area contributed by atoms with Crippen molar-refractivity contribution >= 4 is 0 Å². The highest BCUT2D eigenvalue weighted by Crippen LogP contribution is 2.36. The lowest BCUT2D eigenvalue weighted by molar-refractivity contribution is -0.0202. The minimum Gasteiger partial charge on any atom is -0.493 e. The second-order valence-corrected chi connectivity index (χ2v) is 4.83. The van der Waals surface area contributed by atoms with Gasteiger partial charge in [0.2, 0.25) is 0 Å². The molecule has 1 N–H and O–H groups in total. The fourth-order valence-electron chi connectivity index (χ4n) is 2.46. The Morgan fingerprint density at radius 1 is 1.24 bits per heavy atom. The fourth-order valence-corrected chi connectivity index (χ4v) is 2.46. The van der Waals surface area contributed by atoms with Gasteiger partial charge in [0.1, 0.15) is 17.9 Å². The molecule has 0 fully saturated rings. The average Bonchev–Trinajstić information content (AvgIpc) is 2.92. The molecule has 0 spiro atoms. The van der Waals surface area contributed by atoms with E-state index in [0.717, 1.165) is 18.5 Å². The number of methoxy groups -OCH3 is 2. The van der Waals surface area contributed by atoms with Crippen LogP contribution in [-0.2, 0) is 11.3 Å². The maximum absolute atomic E-state index is 10.8. The number of hydrogen-bond donors (Lipinski definition) is 1. The van der Waals surface area contributed by atoms with E-state index in [9.17, 15) is 5.11 Å². The minimum absolute atomic E-state index is 0.465. The van der Waals surface area contributed by atoms with Gasteiger partial charge in [-0.05, 0) is 12.0 Å². The smallest absolute Gasteiger partial charge is 0.162 e. The van der Waals surface area contributed by atoms with Gasteiger partial charge >= 0.3 is 0 Å². The third-order valence-electron chi connectivity index (χ3n) is 3.45. The first-order chi connectivity index (χ1) is 10.2. The number of aliphatic hydroxyl groups is 1. The molecular weight excluding hydrogens is 268 g/mol. The van der Waals surface area contributed by atoms with Crippen molar-refractivity contribution in [2.24, 2.45) is 0 Å². The zero-order valence-electron chi connectivity index (χ0n) is 12.7. The van der Waals surface area contributed by atoms with E-state index in [1.807, 2.05) is 30.3 Å². The summed E-state index contributed by atoms with van der Waals surface area (Å²) in [6.07, 6.45) is 1.24. The highest BCUT2D eigenvalue weighted by molar-refractivity contribution is 5.30. The predicted octanol–water partition coefficient (Wildman–Crippen LogP) is 2.72. The van der Waals surface area contributed by atoms with E-state index < -0.39 is 12.2 Å². The maximum atomic E-state index is 10.8. The molecule has 0 aliphatic carbocycles. The number of nitrogens with zero attached hydrogens (tertiary/aromatic N) is 2. The molecule has 21 heavy (non-hydrogen) atoms. The van der Waals surface area contributed by atoms with Crippen LogP contribution in [0.15, 0.2) is 36.5 Å². The Morgan fingerprint density at radius 3 is 2.52 bits per heavy atom. The monoisotopic (exact) mass is 290 g/mol. The van der Waals surface area contributed by atoms with Crippen molar-refractivity contribution < 1.29 is 14.6 Å². The molecule has 0 amide bonds. The van der Waals surface area contributed by atoms with Gasteiger partial charge in [0.25, 0.3) is 0 Å². The highest BCUT2D eigenvalue weighted by Gasteiger charge is 2.29. The lowest BCUT2D eigenvalue weighted by atomic mass is 10.0. The standard InChI is InChI=1S/C16H22N2O3/c1-4-10-18-14(13(20-2)11-17-18)15(19)16(21-3)12-8-6-5-7-9-12/h5-9,11,15-16,19H,4,10H2,1-3H3. The van der Waals surface area contributed by atoms with E-state index in [2.05, 4.69) is 12.0 Å². The van der Waals surface area contributed by atoms with Crippen molar-refractivity contribution in [1.82, 2.24) is 9.78 Å². The van der Waals surface area contributed by atoms with Gasteiger partial charge < -0.3 is 14.6 Å². The van der Waals surface area contributed by atoms with Gasteiger partial charge in [-0.2, -0.15) is 5.10 Å². The lowest BCUT2D eigenvalue weighted by Crippen LogP contribution is -2.18. The number of benzene rings is 1. The SMILES string of the molecule is CCCn1ncc(OC)c1C(O)C(OC)c1ccccc1. The van der Waals surface area contributed by atoms with E-state index in [1.54, 1.807) is 25.1 Å². The molecule has 1 heterocycles. The van der Waals surface area contributed by atoms with Gasteiger partial charge in [-0.1, -0.05) is 37.3 Å². The number of aliphatic hydroxyl groups excluding tert-OH is 1. The number of aryl methyl sites for hydroxylation is 1. The zero-order valence-corrected chi connectivity index (χ0v) is 12.7. The number of ether oxygens (including phenoxy) is 2. The van der Waals surface area contributed by atoms with Gasteiger partial charge in [-0.15, -0.1) is 0 Å². The van der Waals surface area contributed by atoms with Crippen molar-refractivity contribution in [3.8, 4) is 5.75 Å². The summed E-state index contributed by atoms with van der Waals surface area (Å²) in [6.45, 7) is 2.79. The van der Waals surface area contributed by atoms with Gasteiger partial charge in [0, 0.05) is 13.7 Å². The largest absolute Gasteiger partial charge is 0.493 e. The van der Waals surface area contributed by atoms with Crippen LogP contribution in [0.5, 0.6) is 5.75 Å². The third kappa shape index (κ3) is 3.25. The van der Waals surface area contributed by atoms with E-state index in [0.29, 0.717) is 11.4 Å². The Morgan fingerprint density at radius 2 is 1.95 bits per heavy atom. The normalized spacial score (nSPS) is 13.9. The second-order valence-electron chi connectivity index (χ2n) is 4.83. The van der Waals surface area contributed by atoms with Crippen molar-refractivity contribution in [2.45, 2.75) is 32.1 Å². The lowest BCUT2D eigenvalue weighted by Gasteiger charge is -2.23. The summed E-state index contributed by atoms with van der Waals surface area (Å²) in [4.78, 5) is 0. The average molecular weight is 290 g/mol. The predicted molar refractivity (Wildman–Crippen MR) is 80.2 cm³/mol. The topological polar surface area (TPSA) is 56.5 Å². The molecule has 0 radical (unpaired) electrons. The van der Waals surface area contributed by atoms with Crippen LogP contribution in [0.25, 0.3) is 0 Å². The van der Waals surface area contributed by atoms with Gasteiger partial charge in [-0.25, -0.2) is 0 Å². The van der Waals surface area contributed by atoms with Crippen LogP contribution >= 0.6 is 0 Å². The fraction of sp³-hybridized carbons (Fsp3) is 0.438. The Balaban J connectivity index is 2.37. The van der Waals surface area contributed by atoms with Crippen molar-refractivity contribution in [3.05, 3.63) is 47.8 Å². The summed E-state index contributed by atoms with van der Waals surface area (Å²) in [5.74, 6) is 0.578. The first kappa shape index (κ1) is 15.5. The molecule has 2 unspecified atom stereocenters. The third-order valence-corrected chi connectivity index (χ3v) is 3.45. The summed E-state index contributed by atoms with van der Waals surface area (Å²) in [5, 5.41) is 15.1. The van der Waals surface area contributed by atoms with Crippen molar-refractivity contribution in [2.75, 3.05) is 14.2 Å². The summed E-state index contributed by atoms with van der Waals surface area (Å²) < 4.78 is 12.6. The number of rotatable bonds is 7. The van der Waals surface area contributed by atoms with Crippen molar-refractivity contribution in [3.63, 3.8) is 0 Å². The summed E-state index contributed by atoms with van der Waals surface area (Å²) >= 11 is 0. The van der Waals surface area contributed by atoms with Gasteiger partial charge in [0.15, 0.2) is 5.75 Å². The molecule has 1 aromatic heterocycles. The molecule has 1 aromatic carbocycles. The zero-order chi connectivity index (χ0) is 15.2. The highest BCUT2D eigenvalue weighted by atomic mass is 16.5. The Hall–Kier alpha value is -1.85. The van der Waals surface area contributed by atoms with Crippen LogP contribution in [0.3, 0.4) is 0 Å². The van der Waals surface area contributed by atoms with E-state index >= 15 is 0 Å². The molecule has 2 rings (SSSR count). The Kier molecular flexibility index (Phi) is 5.36. The van der Waals surface area contributed by atoms with Gasteiger partial charge in [0.05, 0.1) is 13.3 Å². The van der Waals surface area contributed by atoms with E-state index in [4.69, 9.17) is 9.47 Å². The first-order valence-electron chi connectivity index (χ1n) is 7.08. The van der Waals surface area contributed by atoms with Crippen LogP contribution in [0.1, 0.15) is 36.8 Å². The summed E-state index contributed by atoms with van der Waals surface area (Å²) in [6, 6.07) is 9.66. The van der Waals surface area contributed by atoms with Crippen LogP contribution < -0.4 is 4.74 Å². The Bertz CT molecular complexity index is 554. The molecule has 2 atom stereocenters. The molecule has 2 aromatic rings. The van der Waals surface area contributed by atoms with E-state index in [-0.39, 0.29) is 0 Å². The molecule has 5 nitrogen and oxygen atoms in total. The number of hydrogen-bond acceptors (Lipinski definition) is 4. The quantitative estimate of drug-likeness (QED) is 0.852. The van der Waals surface area contributed by atoms with Crippen LogP contribution in [-0.4, -0.2) is 29.1 Å². The molecule has 0 aliphatic rings.